The Morgan fingerprint density at radius 1 is 1.14 bits per heavy atom. The standard InChI is InChI=1S/C16H10N2O3/c17-11-13-7-5-12(6-8-13)9-10-16(19)14-3-1-2-4-15(14)18(20)21/h1-10H. The van der Waals surface area contributed by atoms with E-state index in [0.717, 1.165) is 5.56 Å². The van der Waals surface area contributed by atoms with Crippen LogP contribution in [0.25, 0.3) is 6.08 Å². The average Bonchev–Trinajstić information content (AvgIpc) is 2.53. The molecule has 5 heteroatoms. The molecule has 0 heterocycles. The zero-order chi connectivity index (χ0) is 15.2. The second kappa shape index (κ2) is 6.26. The van der Waals surface area contributed by atoms with Gasteiger partial charge >= 0.3 is 0 Å². The summed E-state index contributed by atoms with van der Waals surface area (Å²) in [7, 11) is 0. The van der Waals surface area contributed by atoms with Crippen LogP contribution in [0.5, 0.6) is 0 Å². The normalized spacial score (nSPS) is 10.2. The Balaban J connectivity index is 2.23. The lowest BCUT2D eigenvalue weighted by Gasteiger charge is -1.98. The van der Waals surface area contributed by atoms with Crippen molar-refractivity contribution in [1.82, 2.24) is 0 Å². The van der Waals surface area contributed by atoms with Crippen molar-refractivity contribution in [3.8, 4) is 6.07 Å². The summed E-state index contributed by atoms with van der Waals surface area (Å²) in [5, 5.41) is 19.6. The van der Waals surface area contributed by atoms with Crippen LogP contribution in [0.15, 0.2) is 54.6 Å². The Bertz CT molecular complexity index is 756. The number of carbonyl (C=O) groups is 1. The summed E-state index contributed by atoms with van der Waals surface area (Å²) in [6.07, 6.45) is 2.84. The summed E-state index contributed by atoms with van der Waals surface area (Å²) in [6, 6.07) is 14.5. The molecule has 2 aromatic carbocycles. The molecule has 0 saturated carbocycles. The van der Waals surface area contributed by atoms with Crippen LogP contribution in [0, 0.1) is 21.4 Å². The predicted molar refractivity (Wildman–Crippen MR) is 77.6 cm³/mol. The first-order chi connectivity index (χ1) is 10.1. The van der Waals surface area contributed by atoms with E-state index in [4.69, 9.17) is 5.26 Å². The largest absolute Gasteiger partial charge is 0.289 e. The van der Waals surface area contributed by atoms with E-state index in [1.165, 1.54) is 24.3 Å². The van der Waals surface area contributed by atoms with Gasteiger partial charge in [-0.25, -0.2) is 0 Å². The van der Waals surface area contributed by atoms with Gasteiger partial charge in [-0.1, -0.05) is 30.3 Å². The molecule has 0 fully saturated rings. The third-order valence-corrected chi connectivity index (χ3v) is 2.83. The van der Waals surface area contributed by atoms with E-state index in [9.17, 15) is 14.9 Å². The Kier molecular flexibility index (Phi) is 4.22. The molecule has 0 aliphatic heterocycles. The average molecular weight is 278 g/mol. The van der Waals surface area contributed by atoms with Gasteiger partial charge in [-0.2, -0.15) is 5.26 Å². The van der Waals surface area contributed by atoms with Gasteiger partial charge in [-0.3, -0.25) is 14.9 Å². The van der Waals surface area contributed by atoms with Crippen LogP contribution < -0.4 is 0 Å². The second-order valence-electron chi connectivity index (χ2n) is 4.21. The van der Waals surface area contributed by atoms with Crippen molar-refractivity contribution >= 4 is 17.5 Å². The minimum Gasteiger partial charge on any atom is -0.289 e. The molecular weight excluding hydrogens is 268 g/mol. The maximum Gasteiger partial charge on any atom is 0.280 e. The number of hydrogen-bond acceptors (Lipinski definition) is 4. The van der Waals surface area contributed by atoms with Crippen molar-refractivity contribution in [2.75, 3.05) is 0 Å². The molecular formula is C16H10N2O3. The number of hydrogen-bond donors (Lipinski definition) is 0. The minimum absolute atomic E-state index is 0.0485. The number of para-hydroxylation sites is 1. The first kappa shape index (κ1) is 14.2. The van der Waals surface area contributed by atoms with E-state index in [2.05, 4.69) is 0 Å². The molecule has 0 aliphatic rings. The summed E-state index contributed by atoms with van der Waals surface area (Å²) >= 11 is 0. The van der Waals surface area contributed by atoms with Gasteiger partial charge in [-0.15, -0.1) is 0 Å². The van der Waals surface area contributed by atoms with E-state index < -0.39 is 10.7 Å². The Morgan fingerprint density at radius 3 is 2.43 bits per heavy atom. The van der Waals surface area contributed by atoms with Crippen LogP contribution in [0.4, 0.5) is 5.69 Å². The summed E-state index contributed by atoms with van der Waals surface area (Å²) in [5.41, 5.74) is 1.09. The van der Waals surface area contributed by atoms with E-state index in [1.807, 2.05) is 6.07 Å². The molecule has 0 aromatic heterocycles. The van der Waals surface area contributed by atoms with Gasteiger partial charge in [0.1, 0.15) is 0 Å². The van der Waals surface area contributed by atoms with Gasteiger partial charge in [0.15, 0.2) is 5.78 Å². The molecule has 0 radical (unpaired) electrons. The van der Waals surface area contributed by atoms with E-state index >= 15 is 0 Å². The number of ketones is 1. The number of nitro benzene ring substituents is 1. The second-order valence-corrected chi connectivity index (χ2v) is 4.21. The maximum atomic E-state index is 12.0. The molecule has 0 N–H and O–H groups in total. The molecule has 0 unspecified atom stereocenters. The highest BCUT2D eigenvalue weighted by atomic mass is 16.6. The van der Waals surface area contributed by atoms with Crippen LogP contribution >= 0.6 is 0 Å². The number of nitrogens with zero attached hydrogens (tertiary/aromatic N) is 2. The van der Waals surface area contributed by atoms with Crippen LogP contribution in [0.2, 0.25) is 0 Å². The molecule has 2 aromatic rings. The van der Waals surface area contributed by atoms with Gasteiger partial charge in [-0.05, 0) is 29.8 Å². The van der Waals surface area contributed by atoms with Crippen LogP contribution in [0.3, 0.4) is 0 Å². The van der Waals surface area contributed by atoms with Crippen LogP contribution in [-0.4, -0.2) is 10.7 Å². The van der Waals surface area contributed by atoms with E-state index in [1.54, 1.807) is 36.4 Å². The zero-order valence-electron chi connectivity index (χ0n) is 10.9. The number of rotatable bonds is 4. The molecule has 102 valence electrons. The Hall–Kier alpha value is -3.26. The molecule has 21 heavy (non-hydrogen) atoms. The van der Waals surface area contributed by atoms with Gasteiger partial charge in [0, 0.05) is 6.07 Å². The SMILES string of the molecule is N#Cc1ccc(C=CC(=O)c2ccccc2[N+](=O)[O-])cc1. The molecule has 0 aliphatic carbocycles. The Morgan fingerprint density at radius 2 is 1.81 bits per heavy atom. The number of carbonyl (C=O) groups excluding carboxylic acids is 1. The summed E-state index contributed by atoms with van der Waals surface area (Å²) < 4.78 is 0. The first-order valence-electron chi connectivity index (χ1n) is 6.08. The summed E-state index contributed by atoms with van der Waals surface area (Å²) in [4.78, 5) is 22.3. The van der Waals surface area contributed by atoms with Crippen LogP contribution in [-0.2, 0) is 0 Å². The number of nitro groups is 1. The van der Waals surface area contributed by atoms with Gasteiger partial charge < -0.3 is 0 Å². The van der Waals surface area contributed by atoms with E-state index in [-0.39, 0.29) is 11.3 Å². The highest BCUT2D eigenvalue weighted by molar-refractivity contribution is 6.09. The number of nitriles is 1. The monoisotopic (exact) mass is 278 g/mol. The lowest BCUT2D eigenvalue weighted by atomic mass is 10.1. The summed E-state index contributed by atoms with van der Waals surface area (Å²) in [6.45, 7) is 0. The number of benzene rings is 2. The van der Waals surface area contributed by atoms with Crippen molar-refractivity contribution in [3.05, 3.63) is 81.4 Å². The smallest absolute Gasteiger partial charge is 0.280 e. The third-order valence-electron chi connectivity index (χ3n) is 2.83. The van der Waals surface area contributed by atoms with Crippen molar-refractivity contribution in [3.63, 3.8) is 0 Å². The predicted octanol–water partition coefficient (Wildman–Crippen LogP) is 3.36. The lowest BCUT2D eigenvalue weighted by molar-refractivity contribution is -0.385. The zero-order valence-corrected chi connectivity index (χ0v) is 10.9. The fourth-order valence-corrected chi connectivity index (χ4v) is 1.77. The molecule has 0 saturated heterocycles. The van der Waals surface area contributed by atoms with Gasteiger partial charge in [0.25, 0.3) is 5.69 Å². The lowest BCUT2D eigenvalue weighted by Crippen LogP contribution is -2.00. The molecule has 5 nitrogen and oxygen atoms in total. The quantitative estimate of drug-likeness (QED) is 0.371. The Labute approximate surface area is 120 Å². The molecule has 0 bridgehead atoms. The maximum absolute atomic E-state index is 12.0. The van der Waals surface area contributed by atoms with Gasteiger partial charge in [0.2, 0.25) is 0 Å². The highest BCUT2D eigenvalue weighted by Crippen LogP contribution is 2.19. The molecule has 0 amide bonds. The third kappa shape index (κ3) is 3.39. The first-order valence-corrected chi connectivity index (χ1v) is 6.08. The molecule has 0 atom stereocenters. The fourth-order valence-electron chi connectivity index (χ4n) is 1.77. The highest BCUT2D eigenvalue weighted by Gasteiger charge is 2.16. The minimum atomic E-state index is -0.581. The summed E-state index contributed by atoms with van der Waals surface area (Å²) in [5.74, 6) is -0.438. The fraction of sp³-hybridized carbons (Fsp3) is 0. The van der Waals surface area contributed by atoms with Crippen molar-refractivity contribution < 1.29 is 9.72 Å². The van der Waals surface area contributed by atoms with E-state index in [0.29, 0.717) is 5.56 Å². The van der Waals surface area contributed by atoms with Crippen molar-refractivity contribution in [1.29, 1.82) is 5.26 Å². The number of allylic oxidation sites excluding steroid dienone is 1. The van der Waals surface area contributed by atoms with Crippen molar-refractivity contribution in [2.45, 2.75) is 0 Å². The molecule has 2 rings (SSSR count). The van der Waals surface area contributed by atoms with Crippen molar-refractivity contribution in [2.24, 2.45) is 0 Å². The van der Waals surface area contributed by atoms with Crippen LogP contribution in [0.1, 0.15) is 21.5 Å². The topological polar surface area (TPSA) is 84.0 Å². The van der Waals surface area contributed by atoms with Gasteiger partial charge in [0.05, 0.1) is 22.1 Å². The molecule has 0 spiro atoms.